The smallest absolute Gasteiger partial charge is 0.137 e. The van der Waals surface area contributed by atoms with Crippen LogP contribution in [0.25, 0.3) is 22.3 Å². The summed E-state index contributed by atoms with van der Waals surface area (Å²) in [4.78, 5) is 7.52. The van der Waals surface area contributed by atoms with E-state index in [2.05, 4.69) is 67.3 Å². The fourth-order valence-corrected chi connectivity index (χ4v) is 4.50. The van der Waals surface area contributed by atoms with Crippen molar-refractivity contribution in [2.45, 2.75) is 33.6 Å². The Morgan fingerprint density at radius 2 is 1.68 bits per heavy atom. The largest absolute Gasteiger partial charge is 0.494 e. The van der Waals surface area contributed by atoms with Gasteiger partial charge in [0.25, 0.3) is 0 Å². The molecule has 0 saturated carbocycles. The fraction of sp³-hybridized carbons (Fsp3) is 0.300. The van der Waals surface area contributed by atoms with Crippen molar-refractivity contribution in [2.75, 3.05) is 24.6 Å². The van der Waals surface area contributed by atoms with E-state index in [-0.39, 0.29) is 0 Å². The molecule has 3 aromatic carbocycles. The maximum Gasteiger partial charge on any atom is 0.137 e. The average molecular weight is 453 g/mol. The Labute approximate surface area is 201 Å². The molecule has 1 saturated heterocycles. The number of nitrogens with zero attached hydrogens (tertiary/aromatic N) is 2. The van der Waals surface area contributed by atoms with E-state index in [0.717, 1.165) is 58.1 Å². The third-order valence-electron chi connectivity index (χ3n) is 6.61. The van der Waals surface area contributed by atoms with Crippen molar-refractivity contribution in [3.8, 4) is 17.1 Å². The van der Waals surface area contributed by atoms with Gasteiger partial charge < -0.3 is 14.1 Å². The minimum absolute atomic E-state index is 0.618. The fourth-order valence-electron chi connectivity index (χ4n) is 4.50. The maximum atomic E-state index is 6.28. The summed E-state index contributed by atoms with van der Waals surface area (Å²) in [5, 5.41) is 1.81. The Bertz CT molecular complexity index is 1330. The average Bonchev–Trinajstić information content (AvgIpc) is 2.86. The maximum absolute atomic E-state index is 6.28. The van der Waals surface area contributed by atoms with E-state index in [0.29, 0.717) is 6.61 Å². The summed E-state index contributed by atoms with van der Waals surface area (Å²) in [6.45, 7) is 9.30. The molecule has 34 heavy (non-hydrogen) atoms. The number of hydrogen-bond donors (Lipinski definition) is 0. The molecule has 1 fully saturated rings. The van der Waals surface area contributed by atoms with Crippen LogP contribution in [0.1, 0.15) is 32.3 Å². The second-order valence-corrected chi connectivity index (χ2v) is 9.25. The molecule has 0 amide bonds. The predicted octanol–water partition coefficient (Wildman–Crippen LogP) is 7.28. The number of ether oxygens (including phenoxy) is 1. The minimum Gasteiger partial charge on any atom is -0.494 e. The molecule has 2 heterocycles. The van der Waals surface area contributed by atoms with Crippen molar-refractivity contribution in [3.63, 3.8) is 0 Å². The number of benzene rings is 3. The Hall–Kier alpha value is -3.53. The first-order valence-electron chi connectivity index (χ1n) is 12.3. The number of rotatable bonds is 5. The van der Waals surface area contributed by atoms with Crippen LogP contribution in [-0.2, 0) is 0 Å². The zero-order chi connectivity index (χ0) is 23.5. The van der Waals surface area contributed by atoms with Crippen LogP contribution >= 0.6 is 0 Å². The lowest BCUT2D eigenvalue weighted by atomic mass is 9.99. The molecule has 1 aliphatic heterocycles. The molecule has 1 aromatic heterocycles. The Morgan fingerprint density at radius 3 is 2.38 bits per heavy atom. The molecular formula is C30H32N2O2. The highest BCUT2D eigenvalue weighted by atomic mass is 16.5. The van der Waals surface area contributed by atoms with E-state index >= 15 is 0 Å². The second-order valence-electron chi connectivity index (χ2n) is 9.25. The highest BCUT2D eigenvalue weighted by molar-refractivity contribution is 5.80. The molecule has 1 aliphatic rings. The third-order valence-corrected chi connectivity index (χ3v) is 6.61. The van der Waals surface area contributed by atoms with Gasteiger partial charge >= 0.3 is 0 Å². The van der Waals surface area contributed by atoms with E-state index in [1.165, 1.54) is 24.1 Å². The van der Waals surface area contributed by atoms with Crippen LogP contribution < -0.4 is 15.0 Å². The van der Waals surface area contributed by atoms with Gasteiger partial charge in [0.1, 0.15) is 17.1 Å². The Balaban J connectivity index is 1.57. The summed E-state index contributed by atoms with van der Waals surface area (Å²) < 4.78 is 12.0. The Morgan fingerprint density at radius 1 is 0.941 bits per heavy atom. The summed E-state index contributed by atoms with van der Waals surface area (Å²) in [7, 11) is 0. The van der Waals surface area contributed by atoms with Crippen LogP contribution in [0.15, 0.2) is 82.2 Å². The first-order chi connectivity index (χ1) is 16.6. The molecule has 4 aromatic rings. The van der Waals surface area contributed by atoms with Crippen molar-refractivity contribution in [2.24, 2.45) is 10.9 Å². The molecule has 5 rings (SSSR count). The molecule has 4 heteroatoms. The zero-order valence-corrected chi connectivity index (χ0v) is 20.3. The third kappa shape index (κ3) is 4.86. The van der Waals surface area contributed by atoms with Gasteiger partial charge in [-0.25, -0.2) is 4.99 Å². The lowest BCUT2D eigenvalue weighted by Crippen LogP contribution is -2.32. The second kappa shape index (κ2) is 9.76. The zero-order valence-electron chi connectivity index (χ0n) is 20.3. The van der Waals surface area contributed by atoms with Gasteiger partial charge in [-0.1, -0.05) is 36.8 Å². The lowest BCUT2D eigenvalue weighted by Gasteiger charge is -2.32. The van der Waals surface area contributed by atoms with Gasteiger partial charge in [-0.2, -0.15) is 0 Å². The summed E-state index contributed by atoms with van der Waals surface area (Å²) in [6.07, 6.45) is 2.52. The normalized spacial score (nSPS) is 15.1. The first kappa shape index (κ1) is 22.3. The molecule has 0 atom stereocenters. The van der Waals surface area contributed by atoms with Crippen molar-refractivity contribution in [3.05, 3.63) is 83.7 Å². The van der Waals surface area contributed by atoms with E-state index < -0.39 is 0 Å². The number of aryl methyl sites for hydroxylation is 1. The molecule has 0 bridgehead atoms. The molecule has 0 aliphatic carbocycles. The van der Waals surface area contributed by atoms with Gasteiger partial charge in [-0.05, 0) is 75.1 Å². The lowest BCUT2D eigenvalue weighted by molar-refractivity contribution is 0.340. The van der Waals surface area contributed by atoms with Crippen LogP contribution in [0.3, 0.4) is 0 Å². The number of fused-ring (bicyclic) bond motifs is 1. The van der Waals surface area contributed by atoms with Gasteiger partial charge in [0.05, 0.1) is 17.7 Å². The van der Waals surface area contributed by atoms with Gasteiger partial charge in [0, 0.05) is 35.8 Å². The van der Waals surface area contributed by atoms with E-state index in [1.807, 2.05) is 31.2 Å². The van der Waals surface area contributed by atoms with Gasteiger partial charge in [0.2, 0.25) is 0 Å². The van der Waals surface area contributed by atoms with Crippen molar-refractivity contribution in [1.29, 1.82) is 0 Å². The molecular weight excluding hydrogens is 420 g/mol. The van der Waals surface area contributed by atoms with Crippen LogP contribution in [0.2, 0.25) is 0 Å². The first-order valence-corrected chi connectivity index (χ1v) is 12.3. The number of piperidine rings is 1. The quantitative estimate of drug-likeness (QED) is 0.319. The summed E-state index contributed by atoms with van der Waals surface area (Å²) >= 11 is 0. The highest BCUT2D eigenvalue weighted by Gasteiger charge is 2.16. The highest BCUT2D eigenvalue weighted by Crippen LogP contribution is 2.27. The molecule has 4 nitrogen and oxygen atoms in total. The van der Waals surface area contributed by atoms with E-state index in [4.69, 9.17) is 14.1 Å². The Kier molecular flexibility index (Phi) is 6.39. The van der Waals surface area contributed by atoms with Crippen LogP contribution in [-0.4, -0.2) is 19.7 Å². The topological polar surface area (TPSA) is 38.0 Å². The molecule has 174 valence electrons. The van der Waals surface area contributed by atoms with Crippen molar-refractivity contribution in [1.82, 2.24) is 0 Å². The summed E-state index contributed by atoms with van der Waals surface area (Å²) in [6, 6.07) is 25.0. The van der Waals surface area contributed by atoms with Crippen LogP contribution in [0, 0.1) is 12.8 Å². The SMILES string of the molecule is CCOc1ccc2oc(-c3ccc(C)cc3)cc(=Nc3ccc(N4CCC(C)CC4)cc3)c2c1. The van der Waals surface area contributed by atoms with E-state index in [9.17, 15) is 0 Å². The predicted molar refractivity (Wildman–Crippen MR) is 140 cm³/mol. The van der Waals surface area contributed by atoms with Gasteiger partial charge in [0.15, 0.2) is 0 Å². The standard InChI is InChI=1S/C30H32N2O2/c1-4-33-26-13-14-29-27(19-26)28(20-30(34-29)23-7-5-21(2)6-8-23)31-24-9-11-25(12-10-24)32-17-15-22(3)16-18-32/h5-14,19-20,22H,4,15-18H2,1-3H3. The number of anilines is 1. The van der Waals surface area contributed by atoms with Gasteiger partial charge in [-0.3, -0.25) is 0 Å². The van der Waals surface area contributed by atoms with Crippen molar-refractivity contribution >= 4 is 22.3 Å². The summed E-state index contributed by atoms with van der Waals surface area (Å²) in [5.41, 5.74) is 5.25. The minimum atomic E-state index is 0.618. The molecule has 0 N–H and O–H groups in total. The van der Waals surface area contributed by atoms with Gasteiger partial charge in [-0.15, -0.1) is 0 Å². The molecule has 0 radical (unpaired) electrons. The monoisotopic (exact) mass is 452 g/mol. The van der Waals surface area contributed by atoms with Crippen LogP contribution in [0.5, 0.6) is 5.75 Å². The van der Waals surface area contributed by atoms with Crippen molar-refractivity contribution < 1.29 is 9.15 Å². The number of hydrogen-bond acceptors (Lipinski definition) is 4. The molecule has 0 spiro atoms. The van der Waals surface area contributed by atoms with E-state index in [1.54, 1.807) is 0 Å². The molecule has 0 unspecified atom stereocenters. The van der Waals surface area contributed by atoms with Crippen LogP contribution in [0.4, 0.5) is 11.4 Å². The summed E-state index contributed by atoms with van der Waals surface area (Å²) in [5.74, 6) is 2.44.